The molecule has 21 heavy (non-hydrogen) atoms. The molecule has 0 atom stereocenters. The third-order valence-corrected chi connectivity index (χ3v) is 2.86. The lowest BCUT2D eigenvalue weighted by Crippen LogP contribution is -2.25. The average molecular weight is 356 g/mol. The molecule has 5 nitrogen and oxygen atoms in total. The minimum atomic E-state index is -0.351. The van der Waals surface area contributed by atoms with Gasteiger partial charge in [0.1, 0.15) is 5.71 Å². The summed E-state index contributed by atoms with van der Waals surface area (Å²) in [6.07, 6.45) is 0.112. The minimum absolute atomic E-state index is 0.0170. The first-order valence-electron chi connectivity index (χ1n) is 6.36. The molecule has 1 aromatic rings. The van der Waals surface area contributed by atoms with Gasteiger partial charge >= 0.3 is 12.1 Å². The molecule has 0 saturated carbocycles. The molecule has 0 bridgehead atoms. The van der Waals surface area contributed by atoms with E-state index in [0.29, 0.717) is 5.71 Å². The summed E-state index contributed by atoms with van der Waals surface area (Å²) >= 11 is 3.41. The molecule has 0 fully saturated rings. The van der Waals surface area contributed by atoms with Crippen molar-refractivity contribution in [2.24, 2.45) is 10.9 Å². The van der Waals surface area contributed by atoms with Gasteiger partial charge in [-0.3, -0.25) is 0 Å². The van der Waals surface area contributed by atoms with Crippen LogP contribution in [0.5, 0.6) is 0 Å². The first-order valence-corrected chi connectivity index (χ1v) is 7.16. The molecule has 0 amide bonds. The zero-order valence-corrected chi connectivity index (χ0v) is 14.0. The molecule has 0 unspecified atom stereocenters. The van der Waals surface area contributed by atoms with Gasteiger partial charge in [-0.15, -0.1) is 0 Å². The molecule has 114 valence electrons. The van der Waals surface area contributed by atoms with E-state index in [-0.39, 0.29) is 24.1 Å². The zero-order valence-electron chi connectivity index (χ0n) is 12.4. The van der Waals surface area contributed by atoms with E-state index in [0.717, 1.165) is 10.2 Å². The largest absolute Gasteiger partial charge is 0.458 e. The third-order valence-electron chi connectivity index (χ3n) is 2.19. The van der Waals surface area contributed by atoms with Crippen LogP contribution in [0.4, 0.5) is 5.69 Å². The lowest BCUT2D eigenvalue weighted by molar-refractivity contribution is -0.191. The predicted octanol–water partition coefficient (Wildman–Crippen LogP) is 3.55. The number of nitrogens with zero attached hydrogens (tertiary/aromatic N) is 1. The number of para-hydroxylation sites is 1. The molecule has 0 radical (unpaired) electrons. The Labute approximate surface area is 132 Å². The van der Waals surface area contributed by atoms with Gasteiger partial charge in [0.15, 0.2) is 0 Å². The summed E-state index contributed by atoms with van der Waals surface area (Å²) in [5.74, 6) is -0.334. The molecule has 0 aliphatic heterocycles. The first kappa shape index (κ1) is 19.2. The van der Waals surface area contributed by atoms with Gasteiger partial charge in [-0.2, -0.15) is 9.59 Å². The number of halogens is 1. The second-order valence-corrected chi connectivity index (χ2v) is 5.49. The van der Waals surface area contributed by atoms with Crippen LogP contribution in [0.2, 0.25) is 0 Å². The van der Waals surface area contributed by atoms with Crippen molar-refractivity contribution in [2.45, 2.75) is 33.8 Å². The van der Waals surface area contributed by atoms with Gasteiger partial charge in [0.25, 0.3) is 0 Å². The van der Waals surface area contributed by atoms with Gasteiger partial charge in [-0.05, 0) is 41.9 Å². The van der Waals surface area contributed by atoms with Crippen LogP contribution in [0.25, 0.3) is 0 Å². The molecule has 0 saturated heterocycles. The van der Waals surface area contributed by atoms with Crippen molar-refractivity contribution in [2.75, 3.05) is 0 Å². The highest BCUT2D eigenvalue weighted by atomic mass is 79.9. The molecular formula is C15H18BrNO4. The quantitative estimate of drug-likeness (QED) is 0.611. The van der Waals surface area contributed by atoms with Gasteiger partial charge in [-0.25, -0.2) is 9.79 Å². The van der Waals surface area contributed by atoms with Gasteiger partial charge in [0.2, 0.25) is 0 Å². The number of hydrogen-bond donors (Lipinski definition) is 0. The molecule has 6 heteroatoms. The molecule has 0 aliphatic carbocycles. The number of benzene rings is 1. The standard InChI is InChI=1S/C14H18BrNO2.CO2/c1-9(2)13(14(17)18-10(3)4)16-12-8-6-5-7-11(12)15;2-1-3/h5-10H,1-4H3;. The fourth-order valence-electron chi connectivity index (χ4n) is 1.36. The van der Waals surface area contributed by atoms with Crippen LogP contribution in [0, 0.1) is 5.92 Å². The van der Waals surface area contributed by atoms with E-state index in [1.165, 1.54) is 0 Å². The molecule has 0 heterocycles. The van der Waals surface area contributed by atoms with E-state index in [4.69, 9.17) is 14.3 Å². The van der Waals surface area contributed by atoms with E-state index >= 15 is 0 Å². The highest BCUT2D eigenvalue weighted by Gasteiger charge is 2.18. The second-order valence-electron chi connectivity index (χ2n) is 4.64. The Morgan fingerprint density at radius 2 is 1.71 bits per heavy atom. The number of carbonyl (C=O) groups is 1. The Hall–Kier alpha value is -1.78. The van der Waals surface area contributed by atoms with Crippen molar-refractivity contribution in [3.8, 4) is 0 Å². The van der Waals surface area contributed by atoms with E-state index in [2.05, 4.69) is 20.9 Å². The number of rotatable bonds is 4. The Balaban J connectivity index is 0.00000122. The third kappa shape index (κ3) is 7.54. The van der Waals surface area contributed by atoms with E-state index in [1.54, 1.807) is 0 Å². The van der Waals surface area contributed by atoms with Crippen LogP contribution in [-0.4, -0.2) is 23.9 Å². The summed E-state index contributed by atoms with van der Waals surface area (Å²) in [4.78, 5) is 32.6. The van der Waals surface area contributed by atoms with Crippen molar-refractivity contribution in [1.29, 1.82) is 0 Å². The zero-order chi connectivity index (χ0) is 16.4. The normalized spacial score (nSPS) is 10.7. The van der Waals surface area contributed by atoms with Crippen molar-refractivity contribution in [3.63, 3.8) is 0 Å². The molecule has 0 aromatic heterocycles. The first-order chi connectivity index (χ1) is 9.83. The fraction of sp³-hybridized carbons (Fsp3) is 0.400. The maximum absolute atomic E-state index is 11.9. The highest BCUT2D eigenvalue weighted by Crippen LogP contribution is 2.25. The van der Waals surface area contributed by atoms with Crippen molar-refractivity contribution < 1.29 is 19.1 Å². The maximum Gasteiger partial charge on any atom is 0.373 e. The molecule has 0 N–H and O–H groups in total. The summed E-state index contributed by atoms with van der Waals surface area (Å²) in [5.41, 5.74) is 1.18. The van der Waals surface area contributed by atoms with Crippen LogP contribution < -0.4 is 0 Å². The smallest absolute Gasteiger partial charge is 0.373 e. The van der Waals surface area contributed by atoms with Crippen LogP contribution in [0.1, 0.15) is 27.7 Å². The summed E-state index contributed by atoms with van der Waals surface area (Å²) in [6.45, 7) is 7.51. The molecule has 0 spiro atoms. The van der Waals surface area contributed by atoms with E-state index < -0.39 is 0 Å². The van der Waals surface area contributed by atoms with Crippen LogP contribution in [-0.2, 0) is 19.1 Å². The topological polar surface area (TPSA) is 72.8 Å². The summed E-state index contributed by atoms with van der Waals surface area (Å²) in [7, 11) is 0. The van der Waals surface area contributed by atoms with Crippen molar-refractivity contribution >= 4 is 39.4 Å². The summed E-state index contributed by atoms with van der Waals surface area (Å²) < 4.78 is 6.06. The number of carbonyl (C=O) groups excluding carboxylic acids is 3. The SMILES string of the molecule is CC(C)OC(=O)C(=Nc1ccccc1Br)C(C)C.O=C=O. The van der Waals surface area contributed by atoms with Crippen LogP contribution in [0.15, 0.2) is 33.7 Å². The van der Waals surface area contributed by atoms with Gasteiger partial charge in [0.05, 0.1) is 11.8 Å². The lowest BCUT2D eigenvalue weighted by Gasteiger charge is -2.12. The maximum atomic E-state index is 11.9. The van der Waals surface area contributed by atoms with Gasteiger partial charge in [0, 0.05) is 10.4 Å². The van der Waals surface area contributed by atoms with Crippen LogP contribution in [0.3, 0.4) is 0 Å². The van der Waals surface area contributed by atoms with Gasteiger partial charge < -0.3 is 4.74 Å². The molecular weight excluding hydrogens is 338 g/mol. The minimum Gasteiger partial charge on any atom is -0.458 e. The van der Waals surface area contributed by atoms with Gasteiger partial charge in [-0.1, -0.05) is 26.0 Å². The lowest BCUT2D eigenvalue weighted by atomic mass is 10.1. The Bertz CT molecular complexity index is 532. The fourth-order valence-corrected chi connectivity index (χ4v) is 1.73. The predicted molar refractivity (Wildman–Crippen MR) is 82.3 cm³/mol. The monoisotopic (exact) mass is 355 g/mol. The average Bonchev–Trinajstić information content (AvgIpc) is 2.37. The number of ether oxygens (including phenoxy) is 1. The summed E-state index contributed by atoms with van der Waals surface area (Å²) in [5, 5.41) is 0. The Morgan fingerprint density at radius 3 is 2.14 bits per heavy atom. The highest BCUT2D eigenvalue weighted by molar-refractivity contribution is 9.10. The Kier molecular flexibility index (Phi) is 9.17. The Morgan fingerprint density at radius 1 is 1.19 bits per heavy atom. The van der Waals surface area contributed by atoms with E-state index in [1.807, 2.05) is 52.0 Å². The van der Waals surface area contributed by atoms with Crippen LogP contribution >= 0.6 is 15.9 Å². The number of aliphatic imine (C=N–C) groups is 1. The molecule has 0 aliphatic rings. The van der Waals surface area contributed by atoms with Crippen molar-refractivity contribution in [1.82, 2.24) is 0 Å². The van der Waals surface area contributed by atoms with E-state index in [9.17, 15) is 4.79 Å². The van der Waals surface area contributed by atoms with Crippen molar-refractivity contribution in [3.05, 3.63) is 28.7 Å². The molecule has 1 rings (SSSR count). The second kappa shape index (κ2) is 10.0. The number of hydrogen-bond acceptors (Lipinski definition) is 5. The molecule has 1 aromatic carbocycles. The summed E-state index contributed by atoms with van der Waals surface area (Å²) in [6, 6.07) is 7.54. The number of esters is 1.